The van der Waals surface area contributed by atoms with Crippen molar-refractivity contribution in [2.75, 3.05) is 0 Å². The second kappa shape index (κ2) is 5.65. The Morgan fingerprint density at radius 2 is 1.73 bits per heavy atom. The summed E-state index contributed by atoms with van der Waals surface area (Å²) in [5.74, 6) is 3.92. The van der Waals surface area contributed by atoms with E-state index in [-0.39, 0.29) is 10.7 Å². The second-order valence-corrected chi connectivity index (χ2v) is 11.7. The molecular weight excluding hydrogens is 318 g/mol. The van der Waals surface area contributed by atoms with Crippen LogP contribution >= 0.6 is 0 Å². The zero-order valence-corrected chi connectivity index (χ0v) is 17.9. The van der Waals surface area contributed by atoms with Gasteiger partial charge in [-0.2, -0.15) is 0 Å². The first-order chi connectivity index (χ1) is 12.0. The maximum Gasteiger partial charge on any atom is 0.128 e. The fourth-order valence-electron chi connectivity index (χ4n) is 8.76. The van der Waals surface area contributed by atoms with Crippen LogP contribution in [0, 0.1) is 34.5 Å². The van der Waals surface area contributed by atoms with Gasteiger partial charge in [0.1, 0.15) is 21.5 Å². The van der Waals surface area contributed by atoms with E-state index in [9.17, 15) is 9.90 Å². The second-order valence-electron chi connectivity index (χ2n) is 11.7. The lowest BCUT2D eigenvalue weighted by Crippen LogP contribution is -2.56. The third-order valence-electron chi connectivity index (χ3n) is 10.9. The van der Waals surface area contributed by atoms with E-state index in [4.69, 9.17) is 0 Å². The van der Waals surface area contributed by atoms with Crippen LogP contribution in [0.25, 0.3) is 0 Å². The fourth-order valence-corrected chi connectivity index (χ4v) is 8.76. The number of carbonyl (C=O) groups is 1. The Kier molecular flexibility index (Phi) is 4.15. The number of hydrogen-bond acceptors (Lipinski definition) is 2. The van der Waals surface area contributed by atoms with E-state index in [2.05, 4.69) is 29.5 Å². The van der Waals surface area contributed by atoms with Crippen molar-refractivity contribution in [1.29, 1.82) is 0 Å². The van der Waals surface area contributed by atoms with Gasteiger partial charge in [-0.05, 0) is 98.6 Å². The summed E-state index contributed by atoms with van der Waals surface area (Å²) in [5, 5.41) is 10.5. The molecule has 0 bridgehead atoms. The van der Waals surface area contributed by atoms with Crippen LogP contribution in [-0.4, -0.2) is 32.2 Å². The molecule has 4 aliphatic carbocycles. The van der Waals surface area contributed by atoms with E-state index < -0.39 is 5.60 Å². The Bertz CT molecular complexity index is 619. The molecule has 9 atom stereocenters. The topological polar surface area (TPSA) is 37.3 Å². The highest BCUT2D eigenvalue weighted by Gasteiger charge is 2.66. The van der Waals surface area contributed by atoms with Crippen LogP contribution in [0.5, 0.6) is 0 Å². The van der Waals surface area contributed by atoms with Gasteiger partial charge in [0.25, 0.3) is 0 Å². The minimum Gasteiger partial charge on any atom is -0.390 e. The molecule has 0 aliphatic heterocycles. The number of rotatable bonds is 1. The molecule has 1 unspecified atom stereocenters. The molecule has 0 aromatic carbocycles. The Labute approximate surface area is 162 Å². The number of hydrogen-bond donors (Lipinski definition) is 1. The molecule has 2 nitrogen and oxygen atoms in total. The Morgan fingerprint density at radius 1 is 1.04 bits per heavy atom. The van der Waals surface area contributed by atoms with Crippen LogP contribution in [0.3, 0.4) is 0 Å². The van der Waals surface area contributed by atoms with E-state index >= 15 is 0 Å². The van der Waals surface area contributed by atoms with E-state index in [1.165, 1.54) is 38.5 Å². The van der Waals surface area contributed by atoms with Crippen LogP contribution in [0.1, 0.15) is 79.1 Å². The van der Waals surface area contributed by atoms with Gasteiger partial charge in [-0.15, -0.1) is 0 Å². The van der Waals surface area contributed by atoms with Gasteiger partial charge in [-0.1, -0.05) is 26.1 Å². The summed E-state index contributed by atoms with van der Waals surface area (Å²) in [6, 6.07) is 0. The first-order valence-corrected chi connectivity index (χ1v) is 11.2. The summed E-state index contributed by atoms with van der Waals surface area (Å²) >= 11 is 0. The molecule has 4 heteroatoms. The van der Waals surface area contributed by atoms with Gasteiger partial charge in [0.05, 0.1) is 5.60 Å². The molecule has 0 radical (unpaired) electrons. The quantitative estimate of drug-likeness (QED) is 0.733. The maximum atomic E-state index is 12.7. The predicted octanol–water partition coefficient (Wildman–Crippen LogP) is 3.19. The number of aliphatic hydroxyl groups is 1. The Balaban J connectivity index is 1.66. The van der Waals surface area contributed by atoms with Crippen LogP contribution in [0.2, 0.25) is 11.1 Å². The van der Waals surface area contributed by atoms with E-state index in [0.29, 0.717) is 28.9 Å². The number of Topliss-reactive ketones (excluding diaryl/α,β-unsaturated/α-hetero) is 1. The molecule has 0 spiro atoms. The molecule has 0 aromatic rings. The summed E-state index contributed by atoms with van der Waals surface area (Å²) in [7, 11) is 4.62. The smallest absolute Gasteiger partial charge is 0.128 e. The van der Waals surface area contributed by atoms with Crippen molar-refractivity contribution in [2.24, 2.45) is 34.5 Å². The summed E-state index contributed by atoms with van der Waals surface area (Å²) in [5.41, 5.74) is 0.142. The minimum absolute atomic E-state index is 0.142. The third kappa shape index (κ3) is 2.26. The lowest BCUT2D eigenvalue weighted by Gasteiger charge is -2.62. The van der Waals surface area contributed by atoms with Crippen molar-refractivity contribution in [3.63, 3.8) is 0 Å². The molecule has 0 saturated heterocycles. The highest BCUT2D eigenvalue weighted by atomic mass is 16.3. The van der Waals surface area contributed by atoms with Crippen molar-refractivity contribution in [3.05, 3.63) is 0 Å². The monoisotopic (exact) mass is 356 g/mol. The van der Waals surface area contributed by atoms with Crippen LogP contribution in [-0.2, 0) is 4.79 Å². The molecule has 4 fully saturated rings. The predicted molar refractivity (Wildman–Crippen MR) is 112 cm³/mol. The zero-order valence-electron chi connectivity index (χ0n) is 17.9. The minimum atomic E-state index is -0.449. The summed E-state index contributed by atoms with van der Waals surface area (Å²) in [4.78, 5) is 12.7. The van der Waals surface area contributed by atoms with Gasteiger partial charge < -0.3 is 9.90 Å². The zero-order chi connectivity index (χ0) is 19.1. The summed E-state index contributed by atoms with van der Waals surface area (Å²) in [6.45, 7) is 8.90. The lowest BCUT2D eigenvalue weighted by atomic mass is 9.39. The molecule has 0 heterocycles. The molecule has 26 heavy (non-hydrogen) atoms. The largest absolute Gasteiger partial charge is 0.390 e. The number of fused-ring (bicyclic) bond motifs is 5. The molecular formula is C22H38B2O2. The van der Waals surface area contributed by atoms with E-state index in [1.807, 2.05) is 13.8 Å². The fraction of sp³-hybridized carbons (Fsp3) is 0.955. The van der Waals surface area contributed by atoms with Crippen molar-refractivity contribution in [3.8, 4) is 0 Å². The van der Waals surface area contributed by atoms with Crippen LogP contribution in [0.4, 0.5) is 0 Å². The molecule has 144 valence electrons. The average Bonchev–Trinajstić information content (AvgIpc) is 2.77. The first kappa shape index (κ1) is 19.1. The molecule has 0 aromatic heterocycles. The summed E-state index contributed by atoms with van der Waals surface area (Å²) < 4.78 is 0. The van der Waals surface area contributed by atoms with Gasteiger partial charge >= 0.3 is 0 Å². The van der Waals surface area contributed by atoms with Gasteiger partial charge in [0.15, 0.2) is 0 Å². The molecule has 1 N–H and O–H groups in total. The van der Waals surface area contributed by atoms with Gasteiger partial charge in [-0.3, -0.25) is 0 Å². The van der Waals surface area contributed by atoms with Crippen molar-refractivity contribution in [2.45, 2.75) is 95.8 Å². The van der Waals surface area contributed by atoms with Gasteiger partial charge in [0.2, 0.25) is 0 Å². The normalized spacial score (nSPS) is 59.2. The van der Waals surface area contributed by atoms with Crippen LogP contribution in [0.15, 0.2) is 0 Å². The maximum absolute atomic E-state index is 12.7. The molecule has 4 rings (SSSR count). The Hall–Kier alpha value is -0.240. The standard InChI is InChI=1S/C22H38B2O2/c1-13(25)22(24)18(23)11-17-15-6-5-14-12-19(2,26)9-10-20(14,3)16(15)7-8-21(17,22)4/h14-18,26H,5-12,23-24H2,1-4H3/t14-,15+,16-,17-,18?,19+,20-,21-,22+/m0/s1. The molecule has 0 amide bonds. The highest BCUT2D eigenvalue weighted by Crippen LogP contribution is 2.74. The van der Waals surface area contributed by atoms with Crippen LogP contribution < -0.4 is 0 Å². The number of ketones is 1. The highest BCUT2D eigenvalue weighted by molar-refractivity contribution is 6.35. The van der Waals surface area contributed by atoms with Gasteiger partial charge in [-0.25, -0.2) is 0 Å². The van der Waals surface area contributed by atoms with Gasteiger partial charge in [0, 0.05) is 0 Å². The first-order valence-electron chi connectivity index (χ1n) is 11.2. The third-order valence-corrected chi connectivity index (χ3v) is 10.9. The molecule has 4 saturated carbocycles. The number of carbonyl (C=O) groups excluding carboxylic acids is 1. The van der Waals surface area contributed by atoms with Crippen molar-refractivity contribution in [1.82, 2.24) is 0 Å². The SMILES string of the molecule is BC1C[C@H]2[C@@H]3CC[C@H]4C[C@](C)(O)CC[C@]4(C)[C@H]3CC[C@]2(C)[C@@]1(B)C(C)=O. The van der Waals surface area contributed by atoms with Crippen molar-refractivity contribution >= 4 is 21.5 Å². The summed E-state index contributed by atoms with van der Waals surface area (Å²) in [6.07, 6.45) is 9.51. The molecule has 4 aliphatic rings. The Morgan fingerprint density at radius 3 is 2.38 bits per heavy atom. The lowest BCUT2D eigenvalue weighted by molar-refractivity contribution is -0.148. The van der Waals surface area contributed by atoms with Crippen molar-refractivity contribution < 1.29 is 9.90 Å². The average molecular weight is 356 g/mol. The van der Waals surface area contributed by atoms with E-state index in [1.54, 1.807) is 0 Å². The van der Waals surface area contributed by atoms with E-state index in [0.717, 1.165) is 24.7 Å².